The van der Waals surface area contributed by atoms with Crippen molar-refractivity contribution in [1.29, 1.82) is 0 Å². The van der Waals surface area contributed by atoms with Gasteiger partial charge in [0.25, 0.3) is 11.8 Å². The number of carbonyl (C=O) groups is 2. The van der Waals surface area contributed by atoms with E-state index in [1.165, 1.54) is 5.56 Å². The van der Waals surface area contributed by atoms with Gasteiger partial charge in [0.05, 0.1) is 7.11 Å². The SMILES string of the molecule is COc1ccc(/C=C(/NC(=O)c2ccccc2)C(=O)Nc2cccc(SCc3ccccc3)c2)cc1. The largest absolute Gasteiger partial charge is 0.497 e. The average molecular weight is 495 g/mol. The van der Waals surface area contributed by atoms with Gasteiger partial charge in [0.2, 0.25) is 0 Å². The number of methoxy groups -OCH3 is 1. The zero-order valence-corrected chi connectivity index (χ0v) is 20.6. The molecule has 0 aliphatic carbocycles. The number of nitrogens with one attached hydrogen (secondary N) is 2. The topological polar surface area (TPSA) is 67.4 Å². The minimum atomic E-state index is -0.416. The zero-order valence-electron chi connectivity index (χ0n) is 19.8. The molecule has 0 atom stereocenters. The highest BCUT2D eigenvalue weighted by molar-refractivity contribution is 7.98. The minimum Gasteiger partial charge on any atom is -0.497 e. The molecule has 0 spiro atoms. The van der Waals surface area contributed by atoms with Crippen molar-refractivity contribution in [1.82, 2.24) is 5.32 Å². The van der Waals surface area contributed by atoms with Crippen molar-refractivity contribution in [2.24, 2.45) is 0 Å². The van der Waals surface area contributed by atoms with Gasteiger partial charge in [-0.1, -0.05) is 66.7 Å². The third kappa shape index (κ3) is 7.10. The second kappa shape index (κ2) is 12.4. The summed E-state index contributed by atoms with van der Waals surface area (Å²) in [5.74, 6) is 0.753. The molecule has 0 aliphatic rings. The number of anilines is 1. The van der Waals surface area contributed by atoms with Crippen molar-refractivity contribution in [2.45, 2.75) is 10.6 Å². The molecule has 2 amide bonds. The average Bonchev–Trinajstić information content (AvgIpc) is 2.93. The second-order valence-corrected chi connectivity index (χ2v) is 8.96. The second-order valence-electron chi connectivity index (χ2n) is 7.91. The maximum absolute atomic E-state index is 13.3. The van der Waals surface area contributed by atoms with Crippen molar-refractivity contribution < 1.29 is 14.3 Å². The van der Waals surface area contributed by atoms with Gasteiger partial charge in [-0.25, -0.2) is 0 Å². The Balaban J connectivity index is 1.52. The summed E-state index contributed by atoms with van der Waals surface area (Å²) < 4.78 is 5.21. The first kappa shape index (κ1) is 24.8. The highest BCUT2D eigenvalue weighted by atomic mass is 32.2. The van der Waals surface area contributed by atoms with E-state index >= 15 is 0 Å². The fourth-order valence-electron chi connectivity index (χ4n) is 3.41. The Morgan fingerprint density at radius 1 is 0.833 bits per heavy atom. The summed E-state index contributed by atoms with van der Waals surface area (Å²) in [7, 11) is 1.59. The molecule has 0 saturated heterocycles. The van der Waals surface area contributed by atoms with E-state index in [9.17, 15) is 9.59 Å². The molecule has 36 heavy (non-hydrogen) atoms. The molecular formula is C30H26N2O3S. The van der Waals surface area contributed by atoms with Crippen molar-refractivity contribution in [3.8, 4) is 5.75 Å². The lowest BCUT2D eigenvalue weighted by Gasteiger charge is -2.12. The number of carbonyl (C=O) groups excluding carboxylic acids is 2. The Bertz CT molecular complexity index is 1340. The van der Waals surface area contributed by atoms with Gasteiger partial charge in [-0.15, -0.1) is 11.8 Å². The smallest absolute Gasteiger partial charge is 0.272 e. The number of amides is 2. The molecule has 4 aromatic rings. The van der Waals surface area contributed by atoms with E-state index in [1.807, 2.05) is 60.7 Å². The molecule has 2 N–H and O–H groups in total. The molecule has 0 unspecified atom stereocenters. The summed E-state index contributed by atoms with van der Waals surface area (Å²) in [6, 6.07) is 33.9. The monoisotopic (exact) mass is 494 g/mol. The molecule has 0 radical (unpaired) electrons. The normalized spacial score (nSPS) is 11.0. The molecule has 0 aromatic heterocycles. The van der Waals surface area contributed by atoms with Crippen LogP contribution in [0.3, 0.4) is 0 Å². The van der Waals surface area contributed by atoms with E-state index < -0.39 is 5.91 Å². The Morgan fingerprint density at radius 2 is 1.53 bits per heavy atom. The lowest BCUT2D eigenvalue weighted by Crippen LogP contribution is -2.30. The van der Waals surface area contributed by atoms with Crippen LogP contribution in [0.25, 0.3) is 6.08 Å². The summed E-state index contributed by atoms with van der Waals surface area (Å²) in [5, 5.41) is 5.69. The van der Waals surface area contributed by atoms with Gasteiger partial charge >= 0.3 is 0 Å². The Hall–Kier alpha value is -4.29. The number of rotatable bonds is 9. The van der Waals surface area contributed by atoms with E-state index in [4.69, 9.17) is 4.74 Å². The van der Waals surface area contributed by atoms with E-state index in [0.29, 0.717) is 17.0 Å². The fraction of sp³-hybridized carbons (Fsp3) is 0.0667. The van der Waals surface area contributed by atoms with E-state index in [1.54, 1.807) is 61.3 Å². The van der Waals surface area contributed by atoms with Crippen molar-refractivity contribution in [2.75, 3.05) is 12.4 Å². The number of ether oxygens (including phenoxy) is 1. The van der Waals surface area contributed by atoms with Gasteiger partial charge in [-0.2, -0.15) is 0 Å². The van der Waals surface area contributed by atoms with Gasteiger partial charge in [0.15, 0.2) is 0 Å². The molecule has 4 aromatic carbocycles. The summed E-state index contributed by atoms with van der Waals surface area (Å²) >= 11 is 1.69. The van der Waals surface area contributed by atoms with Crippen LogP contribution in [0.5, 0.6) is 5.75 Å². The highest BCUT2D eigenvalue weighted by Crippen LogP contribution is 2.25. The Labute approximate surface area is 215 Å². The number of benzene rings is 4. The molecule has 0 saturated carbocycles. The van der Waals surface area contributed by atoms with E-state index in [2.05, 4.69) is 22.8 Å². The van der Waals surface area contributed by atoms with Crippen LogP contribution in [0.4, 0.5) is 5.69 Å². The van der Waals surface area contributed by atoms with Gasteiger partial charge in [0.1, 0.15) is 11.4 Å². The van der Waals surface area contributed by atoms with E-state index in [0.717, 1.165) is 16.2 Å². The third-order valence-electron chi connectivity index (χ3n) is 5.30. The van der Waals surface area contributed by atoms with Crippen molar-refractivity contribution >= 4 is 35.3 Å². The van der Waals surface area contributed by atoms with Crippen LogP contribution >= 0.6 is 11.8 Å². The van der Waals surface area contributed by atoms with Gasteiger partial charge in [0, 0.05) is 21.9 Å². The van der Waals surface area contributed by atoms with Gasteiger partial charge < -0.3 is 15.4 Å². The highest BCUT2D eigenvalue weighted by Gasteiger charge is 2.15. The lowest BCUT2D eigenvalue weighted by atomic mass is 10.1. The predicted octanol–water partition coefficient (Wildman–Crippen LogP) is 6.40. The maximum atomic E-state index is 13.3. The summed E-state index contributed by atoms with van der Waals surface area (Å²) in [4.78, 5) is 27.1. The van der Waals surface area contributed by atoms with Crippen LogP contribution in [-0.4, -0.2) is 18.9 Å². The van der Waals surface area contributed by atoms with Crippen LogP contribution in [0.1, 0.15) is 21.5 Å². The number of hydrogen-bond donors (Lipinski definition) is 2. The van der Waals surface area contributed by atoms with E-state index in [-0.39, 0.29) is 11.6 Å². The molecule has 0 fully saturated rings. The molecule has 0 bridgehead atoms. The first-order valence-electron chi connectivity index (χ1n) is 11.4. The quantitative estimate of drug-likeness (QED) is 0.209. The molecule has 0 aliphatic heterocycles. The first-order valence-corrected chi connectivity index (χ1v) is 12.4. The Morgan fingerprint density at radius 3 is 2.22 bits per heavy atom. The standard InChI is InChI=1S/C30H26N2O3S/c1-35-26-17-15-22(16-18-26)19-28(32-29(33)24-11-6-3-7-12-24)30(34)31-25-13-8-14-27(20-25)36-21-23-9-4-2-5-10-23/h2-20H,21H2,1H3,(H,31,34)(H,32,33)/b28-19+. The lowest BCUT2D eigenvalue weighted by molar-refractivity contribution is -0.113. The molecule has 6 heteroatoms. The minimum absolute atomic E-state index is 0.136. The Kier molecular flexibility index (Phi) is 8.57. The van der Waals surface area contributed by atoms with Crippen molar-refractivity contribution in [3.63, 3.8) is 0 Å². The van der Waals surface area contributed by atoms with Gasteiger partial charge in [-0.05, 0) is 59.7 Å². The first-order chi connectivity index (χ1) is 17.6. The van der Waals surface area contributed by atoms with Crippen LogP contribution in [-0.2, 0) is 10.5 Å². The molecule has 5 nitrogen and oxygen atoms in total. The third-order valence-corrected chi connectivity index (χ3v) is 6.36. The molecule has 4 rings (SSSR count). The van der Waals surface area contributed by atoms with Crippen LogP contribution in [0.2, 0.25) is 0 Å². The summed E-state index contributed by atoms with van der Waals surface area (Å²) in [6.45, 7) is 0. The molecule has 0 heterocycles. The van der Waals surface area contributed by atoms with Crippen LogP contribution < -0.4 is 15.4 Å². The molecule has 180 valence electrons. The van der Waals surface area contributed by atoms with Crippen molar-refractivity contribution in [3.05, 3.63) is 132 Å². The fourth-order valence-corrected chi connectivity index (χ4v) is 4.32. The summed E-state index contributed by atoms with van der Waals surface area (Å²) in [5.41, 5.74) is 3.22. The van der Waals surface area contributed by atoms with Gasteiger partial charge in [-0.3, -0.25) is 9.59 Å². The van der Waals surface area contributed by atoms with Crippen LogP contribution in [0, 0.1) is 0 Å². The summed E-state index contributed by atoms with van der Waals surface area (Å²) in [6.07, 6.45) is 1.64. The van der Waals surface area contributed by atoms with Crippen LogP contribution in [0.15, 0.2) is 120 Å². The predicted molar refractivity (Wildman–Crippen MR) is 146 cm³/mol. The number of hydrogen-bond acceptors (Lipinski definition) is 4. The number of thioether (sulfide) groups is 1. The molecular weight excluding hydrogens is 468 g/mol. The zero-order chi connectivity index (χ0) is 25.2. The maximum Gasteiger partial charge on any atom is 0.272 e.